The maximum atomic E-state index is 5.08. The van der Waals surface area contributed by atoms with Crippen LogP contribution in [0.4, 0.5) is 0 Å². The molecule has 1 heterocycles. The van der Waals surface area contributed by atoms with Gasteiger partial charge in [-0.15, -0.1) is 0 Å². The molecule has 1 spiro atoms. The van der Waals surface area contributed by atoms with Gasteiger partial charge in [0.15, 0.2) is 17.5 Å². The Morgan fingerprint density at radius 3 is 1.46 bits per heavy atom. The lowest BCUT2D eigenvalue weighted by atomic mass is 9.68. The number of hydrogen-bond donors (Lipinski definition) is 0. The second-order valence-electron chi connectivity index (χ2n) is 14.7. The van der Waals surface area contributed by atoms with Crippen molar-refractivity contribution in [2.24, 2.45) is 0 Å². The highest BCUT2D eigenvalue weighted by Crippen LogP contribution is 2.57. The molecule has 0 atom stereocenters. The number of rotatable bonds is 6. The highest BCUT2D eigenvalue weighted by Gasteiger charge is 2.44. The van der Waals surface area contributed by atoms with Crippen molar-refractivity contribution in [3.05, 3.63) is 187 Å². The van der Waals surface area contributed by atoms with Crippen molar-refractivity contribution < 1.29 is 0 Å². The molecule has 54 heavy (non-hydrogen) atoms. The third-order valence-corrected chi connectivity index (χ3v) is 11.5. The first kappa shape index (κ1) is 32.2. The summed E-state index contributed by atoms with van der Waals surface area (Å²) in [5.41, 5.74) is 16.1. The summed E-state index contributed by atoms with van der Waals surface area (Å²) in [6.45, 7) is 0. The monoisotopic (exact) mass is 693 g/mol. The average Bonchev–Trinajstić information content (AvgIpc) is 3.53. The van der Waals surface area contributed by atoms with Gasteiger partial charge in [0, 0.05) is 22.1 Å². The molecule has 3 nitrogen and oxygen atoms in total. The van der Waals surface area contributed by atoms with Crippen LogP contribution in [0.15, 0.2) is 176 Å². The number of fused-ring (bicyclic) bond motifs is 5. The predicted molar refractivity (Wildman–Crippen MR) is 222 cm³/mol. The third-order valence-electron chi connectivity index (χ3n) is 11.5. The van der Waals surface area contributed by atoms with Gasteiger partial charge in [-0.3, -0.25) is 0 Å². The minimum atomic E-state index is 0.137. The van der Waals surface area contributed by atoms with Gasteiger partial charge in [0.1, 0.15) is 0 Å². The van der Waals surface area contributed by atoms with Gasteiger partial charge < -0.3 is 0 Å². The number of nitrogens with zero attached hydrogens (tertiary/aromatic N) is 3. The van der Waals surface area contributed by atoms with Gasteiger partial charge in [-0.05, 0) is 80.6 Å². The highest BCUT2D eigenvalue weighted by atomic mass is 15.0. The molecule has 3 heteroatoms. The highest BCUT2D eigenvalue weighted by molar-refractivity contribution is 5.93. The van der Waals surface area contributed by atoms with Gasteiger partial charge >= 0.3 is 0 Å². The van der Waals surface area contributed by atoms with Crippen LogP contribution in [0.2, 0.25) is 0 Å². The molecule has 1 aromatic heterocycles. The molecular weight excluding hydrogens is 655 g/mol. The van der Waals surface area contributed by atoms with Crippen LogP contribution in [0.1, 0.15) is 43.2 Å². The quantitative estimate of drug-likeness (QED) is 0.174. The summed E-state index contributed by atoms with van der Waals surface area (Å²) < 4.78 is 0. The van der Waals surface area contributed by atoms with E-state index in [1.807, 2.05) is 24.3 Å². The van der Waals surface area contributed by atoms with Crippen LogP contribution in [0.3, 0.4) is 0 Å². The van der Waals surface area contributed by atoms with Gasteiger partial charge in [-0.25, -0.2) is 15.0 Å². The second-order valence-corrected chi connectivity index (χ2v) is 14.7. The maximum absolute atomic E-state index is 5.08. The van der Waals surface area contributed by atoms with E-state index < -0.39 is 0 Å². The minimum absolute atomic E-state index is 0.137. The molecule has 8 aromatic rings. The smallest absolute Gasteiger partial charge is 0.164 e. The Morgan fingerprint density at radius 1 is 0.315 bits per heavy atom. The van der Waals surface area contributed by atoms with E-state index in [9.17, 15) is 0 Å². The molecule has 0 N–H and O–H groups in total. The van der Waals surface area contributed by atoms with E-state index in [1.165, 1.54) is 76.6 Å². The van der Waals surface area contributed by atoms with Crippen LogP contribution in [0.25, 0.3) is 78.7 Å². The molecule has 1 fully saturated rings. The van der Waals surface area contributed by atoms with Gasteiger partial charge in [0.05, 0.1) is 0 Å². The van der Waals surface area contributed by atoms with Gasteiger partial charge in [0.2, 0.25) is 0 Å². The van der Waals surface area contributed by atoms with Crippen LogP contribution in [0.5, 0.6) is 0 Å². The first-order chi connectivity index (χ1) is 26.7. The van der Waals surface area contributed by atoms with Crippen molar-refractivity contribution in [2.75, 3.05) is 0 Å². The number of aromatic nitrogens is 3. The molecule has 0 radical (unpaired) electrons. The van der Waals surface area contributed by atoms with Crippen LogP contribution in [-0.4, -0.2) is 15.0 Å². The number of benzene rings is 7. The van der Waals surface area contributed by atoms with Crippen molar-refractivity contribution in [1.82, 2.24) is 15.0 Å². The van der Waals surface area contributed by atoms with Crippen LogP contribution in [0, 0.1) is 0 Å². The molecule has 7 aromatic carbocycles. The fraction of sp³-hybridized carbons (Fsp3) is 0.118. The molecule has 0 bridgehead atoms. The van der Waals surface area contributed by atoms with Gasteiger partial charge in [-0.2, -0.15) is 0 Å². The maximum Gasteiger partial charge on any atom is 0.164 e. The van der Waals surface area contributed by atoms with Crippen LogP contribution in [-0.2, 0) is 5.41 Å². The Labute approximate surface area is 317 Å². The van der Waals surface area contributed by atoms with Gasteiger partial charge in [0.25, 0.3) is 0 Å². The first-order valence-electron chi connectivity index (χ1n) is 19.2. The summed E-state index contributed by atoms with van der Waals surface area (Å²) in [6, 6.07) is 62.9. The average molecular weight is 694 g/mol. The van der Waals surface area contributed by atoms with Crippen LogP contribution < -0.4 is 0 Å². The molecule has 1 saturated carbocycles. The van der Waals surface area contributed by atoms with E-state index in [0.29, 0.717) is 17.5 Å². The SMILES string of the molecule is c1ccc(-c2ccc(-c3nc(-c4ccccc4)nc(-c4cccc(-c5cccc(-c6cccc7c6-c6ccccc6C76CCCCC6)c5)c4)n3)cc2)cc1. The molecule has 10 rings (SSSR count). The molecule has 2 aliphatic rings. The van der Waals surface area contributed by atoms with E-state index >= 15 is 0 Å². The zero-order chi connectivity index (χ0) is 35.9. The summed E-state index contributed by atoms with van der Waals surface area (Å²) in [5.74, 6) is 1.96. The zero-order valence-corrected chi connectivity index (χ0v) is 30.1. The summed E-state index contributed by atoms with van der Waals surface area (Å²) in [7, 11) is 0. The van der Waals surface area contributed by atoms with Crippen molar-refractivity contribution in [2.45, 2.75) is 37.5 Å². The normalized spacial score (nSPS) is 14.1. The summed E-state index contributed by atoms with van der Waals surface area (Å²) in [5, 5.41) is 0. The summed E-state index contributed by atoms with van der Waals surface area (Å²) >= 11 is 0. The Kier molecular flexibility index (Phi) is 8.06. The summed E-state index contributed by atoms with van der Waals surface area (Å²) in [4.78, 5) is 15.1. The van der Waals surface area contributed by atoms with Crippen molar-refractivity contribution in [3.8, 4) is 78.7 Å². The van der Waals surface area contributed by atoms with Crippen molar-refractivity contribution >= 4 is 0 Å². The minimum Gasteiger partial charge on any atom is -0.208 e. The molecule has 258 valence electrons. The van der Waals surface area contributed by atoms with E-state index in [-0.39, 0.29) is 5.41 Å². The van der Waals surface area contributed by atoms with Crippen molar-refractivity contribution in [3.63, 3.8) is 0 Å². The zero-order valence-electron chi connectivity index (χ0n) is 30.1. The molecule has 0 aliphatic heterocycles. The molecule has 0 unspecified atom stereocenters. The first-order valence-corrected chi connectivity index (χ1v) is 19.2. The van der Waals surface area contributed by atoms with E-state index in [2.05, 4.69) is 152 Å². The Morgan fingerprint density at radius 2 is 0.759 bits per heavy atom. The fourth-order valence-corrected chi connectivity index (χ4v) is 8.94. The Bertz CT molecular complexity index is 2620. The Hall–Kier alpha value is -6.45. The standard InChI is InChI=1S/C51H39N3/c1-4-15-35(16-5-1)36-27-29-38(30-28-36)49-52-48(37-17-6-2-7-18-37)53-50(54-49)42-22-13-20-40(34-42)39-19-12-21-41(33-39)43-24-14-26-46-47(43)44-23-8-9-25-45(44)51(46)31-10-3-11-32-51/h1-2,4-9,12-30,33-34H,3,10-11,31-32H2. The van der Waals surface area contributed by atoms with E-state index in [0.717, 1.165) is 27.8 Å². The molecule has 0 amide bonds. The molecule has 2 aliphatic carbocycles. The summed E-state index contributed by atoms with van der Waals surface area (Å²) in [6.07, 6.45) is 6.38. The van der Waals surface area contributed by atoms with E-state index in [4.69, 9.17) is 15.0 Å². The molecule has 0 saturated heterocycles. The lowest BCUT2D eigenvalue weighted by Crippen LogP contribution is -2.27. The predicted octanol–water partition coefficient (Wildman–Crippen LogP) is 13.1. The fourth-order valence-electron chi connectivity index (χ4n) is 8.94. The third kappa shape index (κ3) is 5.64. The van der Waals surface area contributed by atoms with Gasteiger partial charge in [-0.1, -0.05) is 183 Å². The lowest BCUT2D eigenvalue weighted by Gasteiger charge is -2.36. The molecular formula is C51H39N3. The Balaban J connectivity index is 1.04. The number of hydrogen-bond acceptors (Lipinski definition) is 3. The van der Waals surface area contributed by atoms with E-state index in [1.54, 1.807) is 0 Å². The largest absolute Gasteiger partial charge is 0.208 e. The topological polar surface area (TPSA) is 38.7 Å². The lowest BCUT2D eigenvalue weighted by molar-refractivity contribution is 0.353. The second kappa shape index (κ2) is 13.5. The van der Waals surface area contributed by atoms with Crippen LogP contribution >= 0.6 is 0 Å². The van der Waals surface area contributed by atoms with Crippen molar-refractivity contribution in [1.29, 1.82) is 0 Å².